The molecule has 0 bridgehead atoms. The van der Waals surface area contributed by atoms with Gasteiger partial charge in [0.1, 0.15) is 0 Å². The number of hydrogen-bond donors (Lipinski definition) is 1. The second-order valence-corrected chi connectivity index (χ2v) is 9.64. The lowest BCUT2D eigenvalue weighted by atomic mass is 9.97. The number of ether oxygens (including phenoxy) is 1. The van der Waals surface area contributed by atoms with E-state index in [1.54, 1.807) is 44.2 Å². The van der Waals surface area contributed by atoms with Crippen LogP contribution in [0.1, 0.15) is 41.3 Å². The number of esters is 1. The lowest BCUT2D eigenvalue weighted by molar-refractivity contribution is -0.120. The van der Waals surface area contributed by atoms with Crippen molar-refractivity contribution in [3.8, 4) is 0 Å². The summed E-state index contributed by atoms with van der Waals surface area (Å²) in [5.41, 5.74) is 2.62. The number of anilines is 1. The first kappa shape index (κ1) is 23.0. The molecule has 1 aliphatic rings. The molecule has 2 aromatic carbocycles. The topological polar surface area (TPSA) is 92.8 Å². The van der Waals surface area contributed by atoms with Gasteiger partial charge in [0, 0.05) is 24.7 Å². The second-order valence-electron chi connectivity index (χ2n) is 7.73. The lowest BCUT2D eigenvalue weighted by Gasteiger charge is -2.31. The van der Waals surface area contributed by atoms with E-state index in [1.807, 2.05) is 19.1 Å². The highest BCUT2D eigenvalue weighted by molar-refractivity contribution is 7.89. The fraction of sp³-hybridized carbons (Fsp3) is 0.391. The van der Waals surface area contributed by atoms with Gasteiger partial charge in [-0.3, -0.25) is 4.79 Å². The maximum Gasteiger partial charge on any atom is 0.338 e. The van der Waals surface area contributed by atoms with Crippen LogP contribution in [0, 0.1) is 19.8 Å². The molecule has 1 saturated heterocycles. The zero-order chi connectivity index (χ0) is 22.6. The number of rotatable bonds is 6. The summed E-state index contributed by atoms with van der Waals surface area (Å²) in [6, 6.07) is 11.9. The minimum absolute atomic E-state index is 0.146. The molecule has 0 aliphatic carbocycles. The Morgan fingerprint density at radius 2 is 1.71 bits per heavy atom. The van der Waals surface area contributed by atoms with Gasteiger partial charge in [0.25, 0.3) is 0 Å². The van der Waals surface area contributed by atoms with E-state index < -0.39 is 16.0 Å². The molecule has 2 aromatic rings. The highest BCUT2D eigenvalue weighted by Gasteiger charge is 2.33. The van der Waals surface area contributed by atoms with Crippen molar-refractivity contribution in [3.05, 3.63) is 59.2 Å². The average Bonchev–Trinajstić information content (AvgIpc) is 2.76. The van der Waals surface area contributed by atoms with Crippen LogP contribution < -0.4 is 5.32 Å². The Balaban J connectivity index is 1.60. The third-order valence-electron chi connectivity index (χ3n) is 5.45. The highest BCUT2D eigenvalue weighted by atomic mass is 32.2. The standard InChI is InChI=1S/C23H28N2O5S/c1-4-30-23(27)19-7-9-20(10-8-19)24-22(26)18-11-13-25(14-12-18)31(28,29)21-15-16(2)5-6-17(21)3/h5-10,15,18H,4,11-14H2,1-3H3,(H,24,26). The van der Waals surface area contributed by atoms with Crippen LogP contribution in [0.3, 0.4) is 0 Å². The molecule has 7 nitrogen and oxygen atoms in total. The largest absolute Gasteiger partial charge is 0.462 e. The van der Waals surface area contributed by atoms with Crippen molar-refractivity contribution in [2.75, 3.05) is 25.0 Å². The third kappa shape index (κ3) is 5.32. The van der Waals surface area contributed by atoms with Crippen LogP contribution >= 0.6 is 0 Å². The van der Waals surface area contributed by atoms with Gasteiger partial charge in [0.2, 0.25) is 15.9 Å². The van der Waals surface area contributed by atoms with E-state index in [4.69, 9.17) is 4.74 Å². The molecule has 0 saturated carbocycles. The van der Waals surface area contributed by atoms with Gasteiger partial charge < -0.3 is 10.1 Å². The Labute approximate surface area is 183 Å². The van der Waals surface area contributed by atoms with Crippen molar-refractivity contribution in [3.63, 3.8) is 0 Å². The Bertz CT molecular complexity index is 1060. The number of amides is 1. The molecule has 8 heteroatoms. The summed E-state index contributed by atoms with van der Waals surface area (Å²) in [4.78, 5) is 24.7. The van der Waals surface area contributed by atoms with Gasteiger partial charge in [-0.1, -0.05) is 12.1 Å². The molecule has 0 atom stereocenters. The van der Waals surface area contributed by atoms with E-state index >= 15 is 0 Å². The number of piperidine rings is 1. The number of sulfonamides is 1. The van der Waals surface area contributed by atoms with Crippen LogP contribution in [0.25, 0.3) is 0 Å². The first-order valence-corrected chi connectivity index (χ1v) is 11.8. The number of nitrogens with zero attached hydrogens (tertiary/aromatic N) is 1. The van der Waals surface area contributed by atoms with E-state index in [0.29, 0.717) is 48.7 Å². The number of benzene rings is 2. The Morgan fingerprint density at radius 3 is 2.32 bits per heavy atom. The van der Waals surface area contributed by atoms with E-state index in [2.05, 4.69) is 5.32 Å². The van der Waals surface area contributed by atoms with Crippen LogP contribution in [0.4, 0.5) is 5.69 Å². The van der Waals surface area contributed by atoms with Crippen molar-refractivity contribution >= 4 is 27.6 Å². The number of nitrogens with one attached hydrogen (secondary N) is 1. The number of hydrogen-bond acceptors (Lipinski definition) is 5. The Morgan fingerprint density at radius 1 is 1.06 bits per heavy atom. The van der Waals surface area contributed by atoms with Crippen molar-refractivity contribution < 1.29 is 22.7 Å². The summed E-state index contributed by atoms with van der Waals surface area (Å²) < 4.78 is 32.5. The van der Waals surface area contributed by atoms with E-state index in [0.717, 1.165) is 11.1 Å². The molecule has 1 N–H and O–H groups in total. The molecule has 166 valence electrons. The van der Waals surface area contributed by atoms with Gasteiger partial charge in [-0.15, -0.1) is 0 Å². The maximum absolute atomic E-state index is 13.0. The molecule has 0 radical (unpaired) electrons. The van der Waals surface area contributed by atoms with Gasteiger partial charge in [-0.2, -0.15) is 4.31 Å². The Kier molecular flexibility index (Phi) is 7.12. The molecule has 31 heavy (non-hydrogen) atoms. The van der Waals surface area contributed by atoms with Gasteiger partial charge in [0.15, 0.2) is 0 Å². The molecule has 0 spiro atoms. The third-order valence-corrected chi connectivity index (χ3v) is 7.49. The van der Waals surface area contributed by atoms with Crippen molar-refractivity contribution in [2.24, 2.45) is 5.92 Å². The molecule has 3 rings (SSSR count). The average molecular weight is 445 g/mol. The summed E-state index contributed by atoms with van der Waals surface area (Å²) in [6.07, 6.45) is 0.910. The predicted molar refractivity (Wildman–Crippen MR) is 118 cm³/mol. The highest BCUT2D eigenvalue weighted by Crippen LogP contribution is 2.27. The summed E-state index contributed by atoms with van der Waals surface area (Å²) in [5.74, 6) is -0.819. The summed E-state index contributed by atoms with van der Waals surface area (Å²) in [6.45, 7) is 6.31. The van der Waals surface area contributed by atoms with Crippen LogP contribution in [0.15, 0.2) is 47.4 Å². The summed E-state index contributed by atoms with van der Waals surface area (Å²) in [5, 5.41) is 2.85. The molecule has 1 heterocycles. The van der Waals surface area contributed by atoms with Crippen molar-refractivity contribution in [1.82, 2.24) is 4.31 Å². The second kappa shape index (κ2) is 9.62. The van der Waals surface area contributed by atoms with Gasteiger partial charge >= 0.3 is 5.97 Å². The van der Waals surface area contributed by atoms with Crippen LogP contribution in [0.2, 0.25) is 0 Å². The first-order chi connectivity index (χ1) is 14.7. The molecule has 0 aromatic heterocycles. The monoisotopic (exact) mass is 444 g/mol. The van der Waals surface area contributed by atoms with E-state index in [-0.39, 0.29) is 11.8 Å². The lowest BCUT2D eigenvalue weighted by Crippen LogP contribution is -2.41. The van der Waals surface area contributed by atoms with E-state index in [1.165, 1.54) is 4.31 Å². The van der Waals surface area contributed by atoms with Crippen LogP contribution in [-0.4, -0.2) is 44.3 Å². The zero-order valence-electron chi connectivity index (χ0n) is 18.1. The minimum Gasteiger partial charge on any atom is -0.462 e. The predicted octanol–water partition coefficient (Wildman–Crippen LogP) is 3.52. The fourth-order valence-corrected chi connectivity index (χ4v) is 5.41. The summed E-state index contributed by atoms with van der Waals surface area (Å²) >= 11 is 0. The molecule has 1 fully saturated rings. The normalized spacial score (nSPS) is 15.5. The van der Waals surface area contributed by atoms with Crippen molar-refractivity contribution in [2.45, 2.75) is 38.5 Å². The molecular formula is C23H28N2O5S. The smallest absolute Gasteiger partial charge is 0.338 e. The van der Waals surface area contributed by atoms with Gasteiger partial charge in [0.05, 0.1) is 17.1 Å². The fourth-order valence-electron chi connectivity index (χ4n) is 3.63. The van der Waals surface area contributed by atoms with Crippen molar-refractivity contribution in [1.29, 1.82) is 0 Å². The van der Waals surface area contributed by atoms with E-state index in [9.17, 15) is 18.0 Å². The van der Waals surface area contributed by atoms with Crippen LogP contribution in [0.5, 0.6) is 0 Å². The number of carbonyl (C=O) groups is 2. The quantitative estimate of drug-likeness (QED) is 0.688. The molecule has 1 amide bonds. The van der Waals surface area contributed by atoms with Gasteiger partial charge in [-0.05, 0) is 75.1 Å². The van der Waals surface area contributed by atoms with Gasteiger partial charge in [-0.25, -0.2) is 13.2 Å². The minimum atomic E-state index is -3.58. The first-order valence-electron chi connectivity index (χ1n) is 10.4. The van der Waals surface area contributed by atoms with Crippen LogP contribution in [-0.2, 0) is 19.6 Å². The SMILES string of the molecule is CCOC(=O)c1ccc(NC(=O)C2CCN(S(=O)(=O)c3cc(C)ccc3C)CC2)cc1. The number of carbonyl (C=O) groups excluding carboxylic acids is 2. The zero-order valence-corrected chi connectivity index (χ0v) is 18.9. The maximum atomic E-state index is 13.0. The number of aryl methyl sites for hydroxylation is 2. The summed E-state index contributed by atoms with van der Waals surface area (Å²) in [7, 11) is -3.58. The molecule has 0 unspecified atom stereocenters. The molecular weight excluding hydrogens is 416 g/mol. The molecule has 1 aliphatic heterocycles. The Hall–Kier alpha value is -2.71.